The van der Waals surface area contributed by atoms with E-state index in [0.717, 1.165) is 0 Å². The number of carbonyl (C=O) groups excluding carboxylic acids is 2. The summed E-state index contributed by atoms with van der Waals surface area (Å²) >= 11 is 0. The largest absolute Gasteiger partial charge is 0.456 e. The van der Waals surface area contributed by atoms with Crippen LogP contribution in [0.3, 0.4) is 0 Å². The molecule has 0 bridgehead atoms. The highest BCUT2D eigenvalue weighted by Gasteiger charge is 2.18. The van der Waals surface area contributed by atoms with Crippen molar-refractivity contribution in [2.45, 2.75) is 38.1 Å². The molecule has 1 atom stereocenters. The molecule has 1 aromatic carbocycles. The van der Waals surface area contributed by atoms with Gasteiger partial charge in [-0.2, -0.15) is 0 Å². The average Bonchev–Trinajstić information content (AvgIpc) is 2.51. The minimum absolute atomic E-state index is 0.0281. The standard InChI is InChI=1S/C16H23NO5S/c1-12(2)13(3)17-15(18)11-22-16(19)9-10-23(20,21)14-7-5-4-6-8-14/h4-8,12-13H,9-11H2,1-3H3,(H,17,18)/t13-/m1/s1. The summed E-state index contributed by atoms with van der Waals surface area (Å²) in [4.78, 5) is 23.3. The molecule has 0 fully saturated rings. The van der Waals surface area contributed by atoms with Gasteiger partial charge < -0.3 is 10.1 Å². The molecule has 1 aromatic rings. The number of hydrogen-bond acceptors (Lipinski definition) is 5. The molecule has 0 radical (unpaired) electrons. The van der Waals surface area contributed by atoms with E-state index in [1.807, 2.05) is 20.8 Å². The number of ether oxygens (including phenoxy) is 1. The van der Waals surface area contributed by atoms with Gasteiger partial charge in [-0.3, -0.25) is 9.59 Å². The van der Waals surface area contributed by atoms with E-state index < -0.39 is 28.3 Å². The first-order chi connectivity index (χ1) is 10.7. The summed E-state index contributed by atoms with van der Waals surface area (Å²) in [5, 5.41) is 2.70. The summed E-state index contributed by atoms with van der Waals surface area (Å²) in [6.07, 6.45) is -0.287. The Morgan fingerprint density at radius 2 is 1.74 bits per heavy atom. The van der Waals surface area contributed by atoms with Crippen LogP contribution in [0.4, 0.5) is 0 Å². The number of esters is 1. The van der Waals surface area contributed by atoms with Gasteiger partial charge in [0.25, 0.3) is 5.91 Å². The molecule has 6 nitrogen and oxygen atoms in total. The number of carbonyl (C=O) groups is 2. The normalized spacial score (nSPS) is 12.7. The summed E-state index contributed by atoms with van der Waals surface area (Å²) in [5.74, 6) is -1.19. The Labute approximate surface area is 137 Å². The Morgan fingerprint density at radius 3 is 2.30 bits per heavy atom. The zero-order valence-electron chi connectivity index (χ0n) is 13.6. The smallest absolute Gasteiger partial charge is 0.307 e. The number of benzene rings is 1. The van der Waals surface area contributed by atoms with E-state index in [0.29, 0.717) is 0 Å². The minimum Gasteiger partial charge on any atom is -0.456 e. The van der Waals surface area contributed by atoms with Crippen LogP contribution < -0.4 is 5.32 Å². The molecule has 0 heterocycles. The van der Waals surface area contributed by atoms with E-state index in [9.17, 15) is 18.0 Å². The molecular formula is C16H23NO5S. The lowest BCUT2D eigenvalue weighted by molar-refractivity contribution is -0.148. The third-order valence-corrected chi connectivity index (χ3v) is 5.16. The Balaban J connectivity index is 2.39. The summed E-state index contributed by atoms with van der Waals surface area (Å²) in [7, 11) is -3.53. The lowest BCUT2D eigenvalue weighted by Gasteiger charge is -2.17. The van der Waals surface area contributed by atoms with Gasteiger partial charge in [0.1, 0.15) is 0 Å². The van der Waals surface area contributed by atoms with E-state index in [2.05, 4.69) is 5.32 Å². The Bertz CT molecular complexity index is 625. The predicted molar refractivity (Wildman–Crippen MR) is 86.5 cm³/mol. The highest BCUT2D eigenvalue weighted by Crippen LogP contribution is 2.11. The summed E-state index contributed by atoms with van der Waals surface area (Å²) in [6.45, 7) is 5.38. The van der Waals surface area contributed by atoms with Crippen LogP contribution in [0.2, 0.25) is 0 Å². The molecule has 0 saturated carbocycles. The molecular weight excluding hydrogens is 318 g/mol. The van der Waals surface area contributed by atoms with Gasteiger partial charge in [0, 0.05) is 6.04 Å². The third kappa shape index (κ3) is 6.81. The molecule has 128 valence electrons. The number of rotatable bonds is 8. The first-order valence-corrected chi connectivity index (χ1v) is 9.10. The van der Waals surface area contributed by atoms with E-state index in [1.165, 1.54) is 12.1 Å². The molecule has 1 N–H and O–H groups in total. The van der Waals surface area contributed by atoms with Crippen molar-refractivity contribution in [3.63, 3.8) is 0 Å². The lowest BCUT2D eigenvalue weighted by Crippen LogP contribution is -2.38. The average molecular weight is 341 g/mol. The summed E-state index contributed by atoms with van der Waals surface area (Å²) in [6, 6.07) is 7.86. The number of nitrogens with one attached hydrogen (secondary N) is 1. The van der Waals surface area contributed by atoms with Crippen LogP contribution in [-0.2, 0) is 24.2 Å². The Kier molecular flexibility index (Phi) is 7.22. The Morgan fingerprint density at radius 1 is 1.13 bits per heavy atom. The fraction of sp³-hybridized carbons (Fsp3) is 0.500. The van der Waals surface area contributed by atoms with Crippen LogP contribution >= 0.6 is 0 Å². The van der Waals surface area contributed by atoms with Crippen LogP contribution in [0.1, 0.15) is 27.2 Å². The van der Waals surface area contributed by atoms with E-state index >= 15 is 0 Å². The summed E-state index contributed by atoms with van der Waals surface area (Å²) < 4.78 is 28.8. The molecule has 0 aliphatic heterocycles. The van der Waals surface area contributed by atoms with Gasteiger partial charge in [0.2, 0.25) is 0 Å². The van der Waals surface area contributed by atoms with Crippen molar-refractivity contribution < 1.29 is 22.7 Å². The maximum absolute atomic E-state index is 12.0. The highest BCUT2D eigenvalue weighted by atomic mass is 32.2. The topological polar surface area (TPSA) is 89.5 Å². The van der Waals surface area contributed by atoms with Crippen molar-refractivity contribution in [2.24, 2.45) is 5.92 Å². The van der Waals surface area contributed by atoms with Gasteiger partial charge in [0.15, 0.2) is 16.4 Å². The van der Waals surface area contributed by atoms with Gasteiger partial charge >= 0.3 is 5.97 Å². The molecule has 0 aliphatic carbocycles. The van der Waals surface area contributed by atoms with Crippen molar-refractivity contribution >= 4 is 21.7 Å². The predicted octanol–water partition coefficient (Wildman–Crippen LogP) is 1.55. The second kappa shape index (κ2) is 8.67. The third-order valence-electron chi connectivity index (χ3n) is 3.43. The zero-order valence-corrected chi connectivity index (χ0v) is 14.4. The van der Waals surface area contributed by atoms with E-state index in [1.54, 1.807) is 18.2 Å². The molecule has 0 aromatic heterocycles. The molecule has 1 amide bonds. The van der Waals surface area contributed by atoms with Gasteiger partial charge in [-0.15, -0.1) is 0 Å². The van der Waals surface area contributed by atoms with Gasteiger partial charge in [-0.1, -0.05) is 32.0 Å². The Hall–Kier alpha value is -1.89. The van der Waals surface area contributed by atoms with Crippen molar-refractivity contribution in [3.05, 3.63) is 30.3 Å². The molecule has 23 heavy (non-hydrogen) atoms. The maximum Gasteiger partial charge on any atom is 0.307 e. The van der Waals surface area contributed by atoms with Crippen molar-refractivity contribution in [1.29, 1.82) is 0 Å². The van der Waals surface area contributed by atoms with Crippen LogP contribution in [-0.4, -0.2) is 38.7 Å². The van der Waals surface area contributed by atoms with Crippen LogP contribution in [0.25, 0.3) is 0 Å². The van der Waals surface area contributed by atoms with Gasteiger partial charge in [-0.05, 0) is 25.0 Å². The second-order valence-corrected chi connectivity index (χ2v) is 7.75. The van der Waals surface area contributed by atoms with Crippen molar-refractivity contribution in [1.82, 2.24) is 5.32 Å². The number of hydrogen-bond donors (Lipinski definition) is 1. The van der Waals surface area contributed by atoms with Crippen LogP contribution in [0.15, 0.2) is 35.2 Å². The molecule has 0 saturated heterocycles. The molecule has 1 rings (SSSR count). The lowest BCUT2D eigenvalue weighted by atomic mass is 10.1. The zero-order chi connectivity index (χ0) is 17.5. The van der Waals surface area contributed by atoms with E-state index in [-0.39, 0.29) is 29.0 Å². The monoisotopic (exact) mass is 341 g/mol. The highest BCUT2D eigenvalue weighted by molar-refractivity contribution is 7.91. The SMILES string of the molecule is CC(C)[C@@H](C)NC(=O)COC(=O)CCS(=O)(=O)c1ccccc1. The molecule has 0 unspecified atom stereocenters. The molecule has 0 spiro atoms. The quantitative estimate of drug-likeness (QED) is 0.725. The first-order valence-electron chi connectivity index (χ1n) is 7.45. The molecule has 0 aliphatic rings. The number of amides is 1. The number of sulfone groups is 1. The minimum atomic E-state index is -3.53. The molecule has 7 heteroatoms. The first kappa shape index (κ1) is 19.2. The van der Waals surface area contributed by atoms with Crippen LogP contribution in [0, 0.1) is 5.92 Å². The van der Waals surface area contributed by atoms with Crippen molar-refractivity contribution in [2.75, 3.05) is 12.4 Å². The van der Waals surface area contributed by atoms with Crippen molar-refractivity contribution in [3.8, 4) is 0 Å². The van der Waals surface area contributed by atoms with E-state index in [4.69, 9.17) is 4.74 Å². The maximum atomic E-state index is 12.0. The van der Waals surface area contributed by atoms with Gasteiger partial charge in [0.05, 0.1) is 17.1 Å². The fourth-order valence-electron chi connectivity index (χ4n) is 1.64. The second-order valence-electron chi connectivity index (χ2n) is 5.64. The van der Waals surface area contributed by atoms with Gasteiger partial charge in [-0.25, -0.2) is 8.42 Å². The summed E-state index contributed by atoms with van der Waals surface area (Å²) in [5.41, 5.74) is 0. The fourth-order valence-corrected chi connectivity index (χ4v) is 2.89. The van der Waals surface area contributed by atoms with Crippen LogP contribution in [0.5, 0.6) is 0 Å².